The number of allylic oxidation sites excluding steroid dienone is 1. The third-order valence-corrected chi connectivity index (χ3v) is 3.97. The van der Waals surface area contributed by atoms with Crippen LogP contribution in [0.1, 0.15) is 19.8 Å². The van der Waals surface area contributed by atoms with Crippen LogP contribution in [0.4, 0.5) is 0 Å². The normalized spacial score (nSPS) is 14.1. The number of aliphatic carboxylic acids is 1. The van der Waals surface area contributed by atoms with Crippen molar-refractivity contribution in [1.29, 1.82) is 0 Å². The van der Waals surface area contributed by atoms with Crippen molar-refractivity contribution >= 4 is 91.5 Å². The van der Waals surface area contributed by atoms with Crippen molar-refractivity contribution in [3.63, 3.8) is 0 Å². The van der Waals surface area contributed by atoms with Gasteiger partial charge in [-0.3, -0.25) is 0 Å². The maximum Gasteiger partial charge on any atom is 0.331 e. The molecule has 0 rings (SSSR count). The molecule has 136 valence electrons. The minimum absolute atomic E-state index is 0.178. The van der Waals surface area contributed by atoms with Crippen molar-refractivity contribution in [2.24, 2.45) is 0 Å². The van der Waals surface area contributed by atoms with E-state index in [9.17, 15) is 9.90 Å². The van der Waals surface area contributed by atoms with E-state index in [1.165, 1.54) is 0 Å². The average molecular weight is 516 g/mol. The summed E-state index contributed by atoms with van der Waals surface area (Å²) in [5.74, 6) is -1.02. The third-order valence-electron chi connectivity index (χ3n) is 2.47. The highest BCUT2D eigenvalue weighted by atomic mass is 79.9. The van der Waals surface area contributed by atoms with E-state index in [1.807, 2.05) is 0 Å². The molecule has 0 radical (unpaired) electrons. The number of ether oxygens (including phenoxy) is 2. The predicted octanol–water partition coefficient (Wildman–Crippen LogP) is 5.66. The van der Waals surface area contributed by atoms with Gasteiger partial charge < -0.3 is 14.6 Å². The van der Waals surface area contributed by atoms with Crippen LogP contribution < -0.4 is 0 Å². The summed E-state index contributed by atoms with van der Waals surface area (Å²) in [6.07, 6.45) is -0.524. The number of rotatable bonds is 9. The number of alkyl halides is 7. The highest BCUT2D eigenvalue weighted by molar-refractivity contribution is 9.09. The zero-order chi connectivity index (χ0) is 18.3. The molecular formula is C12H15BrCl6O4. The lowest BCUT2D eigenvalue weighted by molar-refractivity contribution is -0.144. The molecule has 1 N–H and O–H groups in total. The zero-order valence-electron chi connectivity index (χ0n) is 11.9. The van der Waals surface area contributed by atoms with Gasteiger partial charge in [0.15, 0.2) is 6.29 Å². The van der Waals surface area contributed by atoms with Gasteiger partial charge in [-0.25, -0.2) is 4.79 Å². The molecule has 11 heteroatoms. The SMILES string of the molecule is C/C(CBr)=C(\CCC(OCC(Cl)(Cl)Cl)OCC(Cl)(Cl)Cl)C(=O)O. The molecule has 0 atom stereocenters. The molecule has 0 fully saturated rings. The minimum atomic E-state index is -1.64. The number of carbonyl (C=O) groups is 1. The second kappa shape index (κ2) is 11.1. The van der Waals surface area contributed by atoms with Crippen LogP contribution in [0.5, 0.6) is 0 Å². The maximum absolute atomic E-state index is 11.3. The standard InChI is InChI=1S/C12H15BrCl6O4/c1-7(4-13)8(10(20)21)2-3-9(22-5-11(14,15)16)23-6-12(17,18)19/h9H,2-6H2,1H3,(H,20,21)/b8-7-. The van der Waals surface area contributed by atoms with Gasteiger partial charge in [0.1, 0.15) is 0 Å². The Balaban J connectivity index is 4.82. The van der Waals surface area contributed by atoms with Gasteiger partial charge in [0.05, 0.1) is 13.2 Å². The lowest BCUT2D eigenvalue weighted by Crippen LogP contribution is -2.27. The number of halogens is 7. The molecule has 0 saturated carbocycles. The molecule has 23 heavy (non-hydrogen) atoms. The summed E-state index contributed by atoms with van der Waals surface area (Å²) in [4.78, 5) is 11.3. The molecule has 0 aliphatic heterocycles. The first-order valence-electron chi connectivity index (χ1n) is 6.20. The van der Waals surface area contributed by atoms with E-state index in [0.717, 1.165) is 0 Å². The van der Waals surface area contributed by atoms with Crippen molar-refractivity contribution in [2.45, 2.75) is 33.6 Å². The quantitative estimate of drug-likeness (QED) is 0.244. The summed E-state index contributed by atoms with van der Waals surface area (Å²) in [5, 5.41) is 9.65. The van der Waals surface area contributed by atoms with Crippen molar-refractivity contribution in [2.75, 3.05) is 18.5 Å². The molecule has 0 aromatic carbocycles. The van der Waals surface area contributed by atoms with Crippen molar-refractivity contribution < 1.29 is 19.4 Å². The molecule has 0 aliphatic carbocycles. The number of hydrogen-bond acceptors (Lipinski definition) is 3. The monoisotopic (exact) mass is 512 g/mol. The van der Waals surface area contributed by atoms with E-state index in [1.54, 1.807) is 6.92 Å². The number of carboxylic acid groups (broad SMARTS) is 1. The summed E-state index contributed by atoms with van der Waals surface area (Å²) >= 11 is 36.9. The van der Waals surface area contributed by atoms with E-state index in [0.29, 0.717) is 10.9 Å². The summed E-state index contributed by atoms with van der Waals surface area (Å²) in [6, 6.07) is 0. The van der Waals surface area contributed by atoms with E-state index in [2.05, 4.69) is 15.9 Å². The lowest BCUT2D eigenvalue weighted by atomic mass is 10.1. The van der Waals surface area contributed by atoms with Gasteiger partial charge in [-0.1, -0.05) is 91.1 Å². The van der Waals surface area contributed by atoms with Gasteiger partial charge >= 0.3 is 5.97 Å². The average Bonchev–Trinajstić information content (AvgIpc) is 2.38. The van der Waals surface area contributed by atoms with Gasteiger partial charge in [-0.15, -0.1) is 0 Å². The fourth-order valence-electron chi connectivity index (χ4n) is 1.44. The topological polar surface area (TPSA) is 55.8 Å². The first kappa shape index (κ1) is 24.4. The first-order valence-corrected chi connectivity index (χ1v) is 9.59. The summed E-state index contributed by atoms with van der Waals surface area (Å²) in [5.41, 5.74) is 0.917. The Morgan fingerprint density at radius 2 is 1.52 bits per heavy atom. The highest BCUT2D eigenvalue weighted by Crippen LogP contribution is 2.30. The fourth-order valence-corrected chi connectivity index (χ4v) is 2.15. The minimum Gasteiger partial charge on any atom is -0.478 e. The van der Waals surface area contributed by atoms with Gasteiger partial charge in [0, 0.05) is 17.3 Å². The Hall–Kier alpha value is 1.35. The Kier molecular flexibility index (Phi) is 11.8. The highest BCUT2D eigenvalue weighted by Gasteiger charge is 2.27. The van der Waals surface area contributed by atoms with Crippen molar-refractivity contribution in [3.8, 4) is 0 Å². The number of hydrogen-bond donors (Lipinski definition) is 1. The second-order valence-corrected chi connectivity index (χ2v) is 10.1. The van der Waals surface area contributed by atoms with Crippen molar-refractivity contribution in [3.05, 3.63) is 11.1 Å². The van der Waals surface area contributed by atoms with E-state index < -0.39 is 19.8 Å². The molecule has 4 nitrogen and oxygen atoms in total. The third kappa shape index (κ3) is 13.2. The molecule has 0 aromatic rings. The lowest BCUT2D eigenvalue weighted by Gasteiger charge is -2.23. The van der Waals surface area contributed by atoms with Crippen LogP contribution in [0, 0.1) is 0 Å². The van der Waals surface area contributed by atoms with Crippen LogP contribution in [0.15, 0.2) is 11.1 Å². The van der Waals surface area contributed by atoms with Crippen LogP contribution in [0.2, 0.25) is 0 Å². The molecular weight excluding hydrogens is 501 g/mol. The Morgan fingerprint density at radius 3 is 1.83 bits per heavy atom. The molecule has 0 unspecified atom stereocenters. The fraction of sp³-hybridized carbons (Fsp3) is 0.750. The van der Waals surface area contributed by atoms with Crippen LogP contribution in [-0.2, 0) is 14.3 Å². The van der Waals surface area contributed by atoms with Gasteiger partial charge in [-0.2, -0.15) is 0 Å². The molecule has 0 heterocycles. The molecule has 0 spiro atoms. The van der Waals surface area contributed by atoms with Gasteiger partial charge in [0.2, 0.25) is 7.59 Å². The number of carboxylic acids is 1. The van der Waals surface area contributed by atoms with Crippen LogP contribution in [0.25, 0.3) is 0 Å². The largest absolute Gasteiger partial charge is 0.478 e. The van der Waals surface area contributed by atoms with Crippen LogP contribution in [-0.4, -0.2) is 43.5 Å². The van der Waals surface area contributed by atoms with E-state index in [-0.39, 0.29) is 31.6 Å². The molecule has 0 bridgehead atoms. The van der Waals surface area contributed by atoms with E-state index >= 15 is 0 Å². The second-order valence-electron chi connectivity index (χ2n) is 4.52. The van der Waals surface area contributed by atoms with E-state index in [4.69, 9.17) is 79.1 Å². The van der Waals surface area contributed by atoms with Crippen LogP contribution in [0.3, 0.4) is 0 Å². The zero-order valence-corrected chi connectivity index (χ0v) is 18.1. The summed E-state index contributed by atoms with van der Waals surface area (Å²) in [7, 11) is 0. The molecule has 0 saturated heterocycles. The first-order chi connectivity index (χ1) is 10.4. The molecule has 0 aliphatic rings. The summed E-state index contributed by atoms with van der Waals surface area (Å²) < 4.78 is 7.37. The Labute approximate surface area is 173 Å². The maximum atomic E-state index is 11.3. The summed E-state index contributed by atoms with van der Waals surface area (Å²) in [6.45, 7) is 1.19. The van der Waals surface area contributed by atoms with Gasteiger partial charge in [0.25, 0.3) is 0 Å². The predicted molar refractivity (Wildman–Crippen MR) is 99.6 cm³/mol. The Bertz CT molecular complexity index is 401. The molecule has 0 aromatic heterocycles. The Morgan fingerprint density at radius 1 is 1.09 bits per heavy atom. The smallest absolute Gasteiger partial charge is 0.331 e. The van der Waals surface area contributed by atoms with Crippen LogP contribution >= 0.6 is 85.5 Å². The van der Waals surface area contributed by atoms with Gasteiger partial charge in [-0.05, 0) is 13.3 Å². The molecule has 0 amide bonds. The van der Waals surface area contributed by atoms with Crippen molar-refractivity contribution in [1.82, 2.24) is 0 Å².